The summed E-state index contributed by atoms with van der Waals surface area (Å²) in [4.78, 5) is 7.24. The third-order valence-electron chi connectivity index (χ3n) is 2.56. The quantitative estimate of drug-likeness (QED) is 0.493. The zero-order chi connectivity index (χ0) is 11.0. The SMILES string of the molecule is [O-][n+]1cccc2c(-c3ncc[nH]3)cccc21. The van der Waals surface area contributed by atoms with Gasteiger partial charge in [0.05, 0.1) is 5.39 Å². The van der Waals surface area contributed by atoms with Gasteiger partial charge in [0.1, 0.15) is 5.82 Å². The minimum atomic E-state index is 0.649. The molecule has 0 atom stereocenters. The van der Waals surface area contributed by atoms with Crippen LogP contribution in [0.3, 0.4) is 0 Å². The first kappa shape index (κ1) is 8.91. The van der Waals surface area contributed by atoms with Crippen LogP contribution >= 0.6 is 0 Å². The molecule has 0 aliphatic rings. The fraction of sp³-hybridized carbons (Fsp3) is 0. The number of nitrogens with zero attached hydrogens (tertiary/aromatic N) is 2. The van der Waals surface area contributed by atoms with Crippen LogP contribution in [0, 0.1) is 5.21 Å². The van der Waals surface area contributed by atoms with Crippen molar-refractivity contribution < 1.29 is 4.73 Å². The van der Waals surface area contributed by atoms with Gasteiger partial charge < -0.3 is 10.2 Å². The molecule has 0 spiro atoms. The van der Waals surface area contributed by atoms with Crippen LogP contribution in [0.4, 0.5) is 0 Å². The van der Waals surface area contributed by atoms with Gasteiger partial charge in [0.25, 0.3) is 0 Å². The van der Waals surface area contributed by atoms with Crippen LogP contribution in [-0.2, 0) is 0 Å². The van der Waals surface area contributed by atoms with E-state index in [9.17, 15) is 5.21 Å². The minimum Gasteiger partial charge on any atom is -0.618 e. The number of pyridine rings is 1. The van der Waals surface area contributed by atoms with Crippen LogP contribution in [0.15, 0.2) is 48.9 Å². The first-order chi connectivity index (χ1) is 7.86. The highest BCUT2D eigenvalue weighted by molar-refractivity contribution is 5.90. The summed E-state index contributed by atoms with van der Waals surface area (Å²) >= 11 is 0. The van der Waals surface area contributed by atoms with Gasteiger partial charge in [-0.3, -0.25) is 0 Å². The number of hydrogen-bond acceptors (Lipinski definition) is 2. The summed E-state index contributed by atoms with van der Waals surface area (Å²) < 4.78 is 0.863. The molecule has 0 saturated carbocycles. The first-order valence-corrected chi connectivity index (χ1v) is 4.97. The molecule has 2 heterocycles. The van der Waals surface area contributed by atoms with E-state index in [0.29, 0.717) is 5.52 Å². The van der Waals surface area contributed by atoms with Crippen molar-refractivity contribution in [3.8, 4) is 11.4 Å². The molecular weight excluding hydrogens is 202 g/mol. The van der Waals surface area contributed by atoms with Crippen LogP contribution in [-0.4, -0.2) is 9.97 Å². The molecule has 4 heteroatoms. The normalized spacial score (nSPS) is 10.8. The van der Waals surface area contributed by atoms with Crippen LogP contribution < -0.4 is 4.73 Å². The van der Waals surface area contributed by atoms with Crippen molar-refractivity contribution in [3.63, 3.8) is 0 Å². The predicted molar refractivity (Wildman–Crippen MR) is 60.5 cm³/mol. The lowest BCUT2D eigenvalue weighted by atomic mass is 10.1. The molecule has 2 aromatic heterocycles. The summed E-state index contributed by atoms with van der Waals surface area (Å²) in [5.74, 6) is 0.775. The molecule has 0 unspecified atom stereocenters. The second-order valence-electron chi connectivity index (χ2n) is 3.51. The Bertz CT molecular complexity index is 632. The van der Waals surface area contributed by atoms with E-state index in [2.05, 4.69) is 9.97 Å². The number of hydrogen-bond donors (Lipinski definition) is 1. The molecular formula is C12H9N3O. The molecule has 1 aromatic carbocycles. The van der Waals surface area contributed by atoms with Crippen LogP contribution in [0.2, 0.25) is 0 Å². The summed E-state index contributed by atoms with van der Waals surface area (Å²) in [7, 11) is 0. The number of imidazole rings is 1. The zero-order valence-corrected chi connectivity index (χ0v) is 8.42. The molecule has 0 bridgehead atoms. The van der Waals surface area contributed by atoms with Gasteiger partial charge in [-0.25, -0.2) is 4.98 Å². The smallest absolute Gasteiger partial charge is 0.224 e. The molecule has 1 N–H and O–H groups in total. The Balaban J connectivity index is 2.38. The summed E-state index contributed by atoms with van der Waals surface area (Å²) in [5, 5.41) is 12.5. The third-order valence-corrected chi connectivity index (χ3v) is 2.56. The number of aromatic nitrogens is 3. The number of benzene rings is 1. The van der Waals surface area contributed by atoms with Crippen molar-refractivity contribution in [1.29, 1.82) is 0 Å². The topological polar surface area (TPSA) is 55.6 Å². The van der Waals surface area contributed by atoms with E-state index < -0.39 is 0 Å². The lowest BCUT2D eigenvalue weighted by molar-refractivity contribution is -0.577. The van der Waals surface area contributed by atoms with Gasteiger partial charge in [-0.15, -0.1) is 0 Å². The Kier molecular flexibility index (Phi) is 1.86. The van der Waals surface area contributed by atoms with E-state index in [1.54, 1.807) is 24.5 Å². The molecule has 3 aromatic rings. The summed E-state index contributed by atoms with van der Waals surface area (Å²) in [6, 6.07) is 9.26. The van der Waals surface area contributed by atoms with Gasteiger partial charge in [0, 0.05) is 30.1 Å². The average Bonchev–Trinajstić information content (AvgIpc) is 2.82. The molecule has 0 fully saturated rings. The van der Waals surface area contributed by atoms with Crippen molar-refractivity contribution in [2.45, 2.75) is 0 Å². The summed E-state index contributed by atoms with van der Waals surface area (Å²) in [5.41, 5.74) is 1.59. The van der Waals surface area contributed by atoms with Crippen LogP contribution in [0.1, 0.15) is 0 Å². The highest BCUT2D eigenvalue weighted by atomic mass is 16.5. The Morgan fingerprint density at radius 1 is 1.19 bits per heavy atom. The average molecular weight is 211 g/mol. The van der Waals surface area contributed by atoms with E-state index in [-0.39, 0.29) is 0 Å². The fourth-order valence-corrected chi connectivity index (χ4v) is 1.84. The number of H-pyrrole nitrogens is 1. The van der Waals surface area contributed by atoms with E-state index >= 15 is 0 Å². The summed E-state index contributed by atoms with van der Waals surface area (Å²) in [6.07, 6.45) is 4.96. The molecule has 0 amide bonds. The zero-order valence-electron chi connectivity index (χ0n) is 8.42. The first-order valence-electron chi connectivity index (χ1n) is 4.97. The second kappa shape index (κ2) is 3.34. The maximum Gasteiger partial charge on any atom is 0.224 e. The number of aromatic amines is 1. The highest BCUT2D eigenvalue weighted by Crippen LogP contribution is 2.23. The van der Waals surface area contributed by atoms with Gasteiger partial charge in [0.15, 0.2) is 6.20 Å². The van der Waals surface area contributed by atoms with Gasteiger partial charge in [-0.2, -0.15) is 4.73 Å². The Morgan fingerprint density at radius 2 is 2.12 bits per heavy atom. The second-order valence-corrected chi connectivity index (χ2v) is 3.51. The molecule has 4 nitrogen and oxygen atoms in total. The summed E-state index contributed by atoms with van der Waals surface area (Å²) in [6.45, 7) is 0. The van der Waals surface area contributed by atoms with Gasteiger partial charge >= 0.3 is 0 Å². The van der Waals surface area contributed by atoms with Crippen LogP contribution in [0.5, 0.6) is 0 Å². The predicted octanol–water partition coefficient (Wildman–Crippen LogP) is 1.86. The number of rotatable bonds is 1. The monoisotopic (exact) mass is 211 g/mol. The highest BCUT2D eigenvalue weighted by Gasteiger charge is 2.09. The molecule has 0 aliphatic carbocycles. The van der Waals surface area contributed by atoms with Crippen molar-refractivity contribution >= 4 is 10.9 Å². The number of nitrogens with one attached hydrogen (secondary N) is 1. The Labute approximate surface area is 91.8 Å². The molecule has 3 rings (SSSR count). The maximum absolute atomic E-state index is 11.6. The maximum atomic E-state index is 11.6. The number of fused-ring (bicyclic) bond motifs is 1. The third kappa shape index (κ3) is 1.24. The van der Waals surface area contributed by atoms with Gasteiger partial charge in [0.2, 0.25) is 5.52 Å². The van der Waals surface area contributed by atoms with Crippen molar-refractivity contribution in [2.75, 3.05) is 0 Å². The lowest BCUT2D eigenvalue weighted by Gasteiger charge is -2.04. The van der Waals surface area contributed by atoms with Crippen LogP contribution in [0.25, 0.3) is 22.3 Å². The molecule has 0 aliphatic heterocycles. The van der Waals surface area contributed by atoms with E-state index in [4.69, 9.17) is 0 Å². The fourth-order valence-electron chi connectivity index (χ4n) is 1.84. The van der Waals surface area contributed by atoms with Gasteiger partial charge in [-0.1, -0.05) is 12.1 Å². The lowest BCUT2D eigenvalue weighted by Crippen LogP contribution is -2.25. The van der Waals surface area contributed by atoms with Crippen molar-refractivity contribution in [2.24, 2.45) is 0 Å². The molecule has 0 radical (unpaired) electrons. The standard InChI is InChI=1S/C12H9N3O/c16-15-8-2-4-9-10(3-1-5-11(9)15)12-13-6-7-14-12/h1-8H,(H,13,14). The largest absolute Gasteiger partial charge is 0.618 e. The minimum absolute atomic E-state index is 0.649. The van der Waals surface area contributed by atoms with E-state index in [1.807, 2.05) is 18.2 Å². The van der Waals surface area contributed by atoms with Crippen molar-refractivity contribution in [1.82, 2.24) is 9.97 Å². The molecule has 78 valence electrons. The Hall–Kier alpha value is -2.36. The molecule has 0 saturated heterocycles. The Morgan fingerprint density at radius 3 is 2.94 bits per heavy atom. The van der Waals surface area contributed by atoms with E-state index in [0.717, 1.165) is 21.5 Å². The molecule has 16 heavy (non-hydrogen) atoms. The van der Waals surface area contributed by atoms with Gasteiger partial charge in [-0.05, 0) is 6.07 Å². The van der Waals surface area contributed by atoms with E-state index in [1.165, 1.54) is 6.20 Å². The van der Waals surface area contributed by atoms with Crippen molar-refractivity contribution in [3.05, 3.63) is 54.1 Å².